The van der Waals surface area contributed by atoms with Gasteiger partial charge in [0, 0.05) is 17.9 Å². The minimum absolute atomic E-state index is 0.0290. The number of aliphatic hydroxyl groups excluding tert-OH is 1. The van der Waals surface area contributed by atoms with Crippen molar-refractivity contribution in [2.45, 2.75) is 57.8 Å². The van der Waals surface area contributed by atoms with Crippen LogP contribution in [0.15, 0.2) is 10.9 Å². The molecule has 1 unspecified atom stereocenters. The van der Waals surface area contributed by atoms with E-state index < -0.39 is 0 Å². The smallest absolute Gasteiger partial charge is 0.256 e. The first-order valence-corrected chi connectivity index (χ1v) is 7.26. The van der Waals surface area contributed by atoms with Gasteiger partial charge < -0.3 is 14.4 Å². The van der Waals surface area contributed by atoms with Crippen LogP contribution in [0.2, 0.25) is 0 Å². The lowest BCUT2D eigenvalue weighted by atomic mass is 9.94. The third-order valence-electron chi connectivity index (χ3n) is 4.26. The van der Waals surface area contributed by atoms with Crippen LogP contribution in [0.5, 0.6) is 0 Å². The van der Waals surface area contributed by atoms with Crippen molar-refractivity contribution in [2.75, 3.05) is 6.61 Å². The summed E-state index contributed by atoms with van der Waals surface area (Å²) in [6, 6.07) is 1.91. The molecule has 1 aromatic rings. The van der Waals surface area contributed by atoms with Crippen molar-refractivity contribution in [3.05, 3.63) is 33.2 Å². The van der Waals surface area contributed by atoms with Gasteiger partial charge in [0.15, 0.2) is 0 Å². The fourth-order valence-corrected chi connectivity index (χ4v) is 3.24. The van der Waals surface area contributed by atoms with E-state index in [9.17, 15) is 9.90 Å². The summed E-state index contributed by atoms with van der Waals surface area (Å²) in [6.07, 6.45) is 6.60. The maximum Gasteiger partial charge on any atom is 0.256 e. The molecule has 19 heavy (non-hydrogen) atoms. The lowest BCUT2D eigenvalue weighted by molar-refractivity contribution is 0.0950. The van der Waals surface area contributed by atoms with E-state index in [0.29, 0.717) is 12.1 Å². The Labute approximate surface area is 113 Å². The molecule has 1 aliphatic carbocycles. The van der Waals surface area contributed by atoms with Gasteiger partial charge in [-0.3, -0.25) is 4.79 Å². The predicted octanol–water partition coefficient (Wildman–Crippen LogP) is 1.40. The van der Waals surface area contributed by atoms with Crippen LogP contribution in [-0.4, -0.2) is 22.4 Å². The molecule has 0 spiro atoms. The van der Waals surface area contributed by atoms with E-state index in [0.717, 1.165) is 38.7 Å². The van der Waals surface area contributed by atoms with E-state index in [1.807, 2.05) is 10.6 Å². The van der Waals surface area contributed by atoms with Crippen molar-refractivity contribution in [1.29, 1.82) is 0 Å². The van der Waals surface area contributed by atoms with Crippen molar-refractivity contribution in [2.24, 2.45) is 0 Å². The van der Waals surface area contributed by atoms with Crippen molar-refractivity contribution in [1.82, 2.24) is 4.57 Å². The largest absolute Gasteiger partial charge is 0.391 e. The molecule has 2 aliphatic rings. The Hall–Kier alpha value is -1.13. The zero-order chi connectivity index (χ0) is 13.2. The molecule has 4 nitrogen and oxygen atoms in total. The SMILES string of the molecule is O=c1c(CO)cc2c(n1CC1CCCO1)CCCC2. The number of aryl methyl sites for hydroxylation is 1. The Bertz CT molecular complexity index is 515. The van der Waals surface area contributed by atoms with Gasteiger partial charge in [-0.25, -0.2) is 0 Å². The second-order valence-corrected chi connectivity index (χ2v) is 5.56. The molecule has 2 heterocycles. The second-order valence-electron chi connectivity index (χ2n) is 5.56. The molecule has 1 N–H and O–H groups in total. The number of hydrogen-bond acceptors (Lipinski definition) is 3. The Morgan fingerprint density at radius 2 is 2.16 bits per heavy atom. The summed E-state index contributed by atoms with van der Waals surface area (Å²) in [6.45, 7) is 1.29. The molecule has 0 amide bonds. The predicted molar refractivity (Wildman–Crippen MR) is 72.2 cm³/mol. The van der Waals surface area contributed by atoms with Gasteiger partial charge in [0.25, 0.3) is 5.56 Å². The highest BCUT2D eigenvalue weighted by Crippen LogP contribution is 2.22. The number of pyridine rings is 1. The van der Waals surface area contributed by atoms with Gasteiger partial charge in [0.1, 0.15) is 0 Å². The molecule has 0 saturated carbocycles. The monoisotopic (exact) mass is 263 g/mol. The molecule has 0 aromatic carbocycles. The standard InChI is InChI=1S/C15H21NO3/c17-10-12-8-11-4-1-2-6-14(11)16(15(12)18)9-13-5-3-7-19-13/h8,13,17H,1-7,9-10H2. The number of aromatic nitrogens is 1. The normalized spacial score (nSPS) is 22.5. The Morgan fingerprint density at radius 3 is 2.89 bits per heavy atom. The van der Waals surface area contributed by atoms with Crippen molar-refractivity contribution in [3.63, 3.8) is 0 Å². The number of fused-ring (bicyclic) bond motifs is 1. The van der Waals surface area contributed by atoms with Crippen LogP contribution in [0.1, 0.15) is 42.5 Å². The fraction of sp³-hybridized carbons (Fsp3) is 0.667. The van der Waals surface area contributed by atoms with Crippen LogP contribution in [0, 0.1) is 0 Å². The van der Waals surface area contributed by atoms with Gasteiger partial charge in [-0.15, -0.1) is 0 Å². The fourth-order valence-electron chi connectivity index (χ4n) is 3.24. The quantitative estimate of drug-likeness (QED) is 0.897. The van der Waals surface area contributed by atoms with Crippen LogP contribution < -0.4 is 5.56 Å². The molecule has 4 heteroatoms. The maximum atomic E-state index is 12.4. The van der Waals surface area contributed by atoms with Crippen LogP contribution in [0.25, 0.3) is 0 Å². The van der Waals surface area contributed by atoms with Gasteiger partial charge >= 0.3 is 0 Å². The molecule has 1 aliphatic heterocycles. The van der Waals surface area contributed by atoms with E-state index in [-0.39, 0.29) is 18.3 Å². The number of rotatable bonds is 3. The topological polar surface area (TPSA) is 51.5 Å². The third-order valence-corrected chi connectivity index (χ3v) is 4.26. The zero-order valence-electron chi connectivity index (χ0n) is 11.2. The minimum Gasteiger partial charge on any atom is -0.391 e. The van der Waals surface area contributed by atoms with Gasteiger partial charge in [-0.05, 0) is 50.2 Å². The summed E-state index contributed by atoms with van der Waals surface area (Å²) in [5.41, 5.74) is 2.91. The molecule has 104 valence electrons. The average molecular weight is 263 g/mol. The Morgan fingerprint density at radius 1 is 1.32 bits per heavy atom. The summed E-state index contributed by atoms with van der Waals surface area (Å²) in [5.74, 6) is 0. The van der Waals surface area contributed by atoms with Crippen molar-refractivity contribution >= 4 is 0 Å². The number of nitrogens with zero attached hydrogens (tertiary/aromatic N) is 1. The van der Waals surface area contributed by atoms with E-state index in [1.54, 1.807) is 0 Å². The molecule has 0 radical (unpaired) electrons. The first-order chi connectivity index (χ1) is 9.29. The molecule has 1 fully saturated rings. The third kappa shape index (κ3) is 2.47. The Kier molecular flexibility index (Phi) is 3.71. The molecule has 0 bridgehead atoms. The number of ether oxygens (including phenoxy) is 1. The average Bonchev–Trinajstić information content (AvgIpc) is 2.94. The van der Waals surface area contributed by atoms with Crippen LogP contribution in [-0.2, 0) is 30.7 Å². The Balaban J connectivity index is 2.01. The zero-order valence-corrected chi connectivity index (χ0v) is 11.2. The van der Waals surface area contributed by atoms with Gasteiger partial charge in [0.05, 0.1) is 19.3 Å². The van der Waals surface area contributed by atoms with Crippen LogP contribution in [0.3, 0.4) is 0 Å². The lowest BCUT2D eigenvalue weighted by Gasteiger charge is -2.23. The van der Waals surface area contributed by atoms with Crippen LogP contribution >= 0.6 is 0 Å². The molecule has 1 saturated heterocycles. The highest BCUT2D eigenvalue weighted by atomic mass is 16.5. The summed E-state index contributed by atoms with van der Waals surface area (Å²) >= 11 is 0. The molecule has 3 rings (SSSR count). The lowest BCUT2D eigenvalue weighted by Crippen LogP contribution is -2.33. The van der Waals surface area contributed by atoms with E-state index in [4.69, 9.17) is 4.74 Å². The summed E-state index contributed by atoms with van der Waals surface area (Å²) in [4.78, 5) is 12.4. The maximum absolute atomic E-state index is 12.4. The molecule has 1 atom stereocenters. The number of hydrogen-bond donors (Lipinski definition) is 1. The van der Waals surface area contributed by atoms with Gasteiger partial charge in [0.2, 0.25) is 0 Å². The summed E-state index contributed by atoms with van der Waals surface area (Å²) < 4.78 is 7.53. The van der Waals surface area contributed by atoms with Crippen molar-refractivity contribution in [3.8, 4) is 0 Å². The van der Waals surface area contributed by atoms with Gasteiger partial charge in [-0.1, -0.05) is 0 Å². The summed E-state index contributed by atoms with van der Waals surface area (Å²) in [5, 5.41) is 9.36. The highest BCUT2D eigenvalue weighted by molar-refractivity contribution is 5.28. The summed E-state index contributed by atoms with van der Waals surface area (Å²) in [7, 11) is 0. The highest BCUT2D eigenvalue weighted by Gasteiger charge is 2.22. The molecule has 1 aromatic heterocycles. The second kappa shape index (κ2) is 5.47. The van der Waals surface area contributed by atoms with Gasteiger partial charge in [-0.2, -0.15) is 0 Å². The minimum atomic E-state index is -0.169. The first kappa shape index (κ1) is 12.9. The number of aliphatic hydroxyl groups is 1. The molecular weight excluding hydrogens is 242 g/mol. The van der Waals surface area contributed by atoms with E-state index in [2.05, 4.69) is 0 Å². The molecular formula is C15H21NO3. The van der Waals surface area contributed by atoms with Crippen LogP contribution in [0.4, 0.5) is 0 Å². The van der Waals surface area contributed by atoms with E-state index in [1.165, 1.54) is 17.7 Å². The van der Waals surface area contributed by atoms with Crippen molar-refractivity contribution < 1.29 is 9.84 Å². The van der Waals surface area contributed by atoms with E-state index >= 15 is 0 Å². The first-order valence-electron chi connectivity index (χ1n) is 7.26.